The van der Waals surface area contributed by atoms with E-state index in [9.17, 15) is 9.59 Å². The van der Waals surface area contributed by atoms with Gasteiger partial charge in [0.05, 0.1) is 15.6 Å². The quantitative estimate of drug-likeness (QED) is 0.848. The van der Waals surface area contributed by atoms with E-state index >= 15 is 0 Å². The Morgan fingerprint density at radius 3 is 2.40 bits per heavy atom. The number of esters is 1. The van der Waals surface area contributed by atoms with Crippen LogP contribution < -0.4 is 5.32 Å². The Labute approximate surface area is 128 Å². The van der Waals surface area contributed by atoms with Gasteiger partial charge in [-0.1, -0.05) is 37.0 Å². The molecule has 0 aliphatic carbocycles. The predicted molar refractivity (Wildman–Crippen MR) is 79.2 cm³/mol. The molecule has 0 bridgehead atoms. The van der Waals surface area contributed by atoms with E-state index in [1.54, 1.807) is 0 Å². The molecular formula is C14H17Cl2NO3. The van der Waals surface area contributed by atoms with E-state index in [1.165, 1.54) is 18.2 Å². The van der Waals surface area contributed by atoms with Gasteiger partial charge >= 0.3 is 5.97 Å². The zero-order chi connectivity index (χ0) is 15.3. The van der Waals surface area contributed by atoms with E-state index in [4.69, 9.17) is 27.9 Å². The summed E-state index contributed by atoms with van der Waals surface area (Å²) in [5, 5.41) is 3.36. The van der Waals surface area contributed by atoms with Crippen molar-refractivity contribution in [2.45, 2.75) is 26.8 Å². The average molecular weight is 318 g/mol. The van der Waals surface area contributed by atoms with Crippen LogP contribution in [-0.4, -0.2) is 24.5 Å². The smallest absolute Gasteiger partial charge is 0.338 e. The fourth-order valence-electron chi connectivity index (χ4n) is 1.30. The van der Waals surface area contributed by atoms with Crippen molar-refractivity contribution in [3.05, 3.63) is 33.8 Å². The highest BCUT2D eigenvalue weighted by atomic mass is 35.5. The summed E-state index contributed by atoms with van der Waals surface area (Å²) in [6.45, 7) is 5.55. The summed E-state index contributed by atoms with van der Waals surface area (Å²) in [5.41, 5.74) is 0.254. The Morgan fingerprint density at radius 2 is 1.85 bits per heavy atom. The normalized spacial score (nSPS) is 12.1. The summed E-state index contributed by atoms with van der Waals surface area (Å²) in [6, 6.07) is 4.42. The Balaban J connectivity index is 2.51. The molecule has 1 aromatic rings. The van der Waals surface area contributed by atoms with E-state index in [-0.39, 0.29) is 29.1 Å². The van der Waals surface area contributed by atoms with Crippen molar-refractivity contribution in [1.29, 1.82) is 0 Å². The van der Waals surface area contributed by atoms with E-state index in [0.717, 1.165) is 0 Å². The minimum atomic E-state index is -0.615. The summed E-state index contributed by atoms with van der Waals surface area (Å²) in [4.78, 5) is 23.3. The average Bonchev–Trinajstić information content (AvgIpc) is 2.39. The lowest BCUT2D eigenvalue weighted by Gasteiger charge is -2.17. The van der Waals surface area contributed by atoms with Gasteiger partial charge in [0.2, 0.25) is 0 Å². The molecule has 1 aromatic carbocycles. The summed E-state index contributed by atoms with van der Waals surface area (Å²) < 4.78 is 4.91. The van der Waals surface area contributed by atoms with E-state index in [1.807, 2.05) is 20.8 Å². The number of ether oxygens (including phenoxy) is 1. The second-order valence-electron chi connectivity index (χ2n) is 4.81. The van der Waals surface area contributed by atoms with Crippen LogP contribution in [0.15, 0.2) is 18.2 Å². The van der Waals surface area contributed by atoms with E-state index < -0.39 is 5.97 Å². The molecule has 0 spiro atoms. The van der Waals surface area contributed by atoms with Crippen molar-refractivity contribution in [1.82, 2.24) is 5.32 Å². The largest absolute Gasteiger partial charge is 0.452 e. The van der Waals surface area contributed by atoms with Gasteiger partial charge in [-0.3, -0.25) is 4.79 Å². The molecule has 0 fully saturated rings. The zero-order valence-corrected chi connectivity index (χ0v) is 13.1. The molecule has 0 aliphatic rings. The first-order chi connectivity index (χ1) is 9.31. The van der Waals surface area contributed by atoms with Gasteiger partial charge in [-0.15, -0.1) is 0 Å². The van der Waals surface area contributed by atoms with E-state index in [0.29, 0.717) is 10.9 Å². The fourth-order valence-corrected chi connectivity index (χ4v) is 1.60. The second-order valence-corrected chi connectivity index (χ2v) is 5.62. The number of carbonyl (C=O) groups excluding carboxylic acids is 2. The van der Waals surface area contributed by atoms with Crippen molar-refractivity contribution in [2.75, 3.05) is 6.61 Å². The van der Waals surface area contributed by atoms with Gasteiger partial charge in [0.1, 0.15) is 0 Å². The summed E-state index contributed by atoms with van der Waals surface area (Å²) in [6.07, 6.45) is 0. The maximum atomic E-state index is 11.7. The van der Waals surface area contributed by atoms with Crippen LogP contribution in [0.2, 0.25) is 10.0 Å². The molecule has 0 saturated heterocycles. The van der Waals surface area contributed by atoms with E-state index in [2.05, 4.69) is 5.32 Å². The number of hydrogen-bond acceptors (Lipinski definition) is 3. The standard InChI is InChI=1S/C14H17Cl2NO3/c1-8(2)9(3)17-13(18)7-20-14(19)10-4-5-11(15)12(16)6-10/h4-6,8-9H,7H2,1-3H3,(H,17,18)/t9-/m0/s1. The van der Waals surface area contributed by atoms with Gasteiger partial charge in [0.15, 0.2) is 6.61 Å². The molecular weight excluding hydrogens is 301 g/mol. The van der Waals surface area contributed by atoms with Crippen molar-refractivity contribution in [2.24, 2.45) is 5.92 Å². The molecule has 0 heterocycles. The van der Waals surface area contributed by atoms with Crippen molar-refractivity contribution in [3.8, 4) is 0 Å². The molecule has 0 unspecified atom stereocenters. The minimum absolute atomic E-state index is 0.0196. The summed E-state index contributed by atoms with van der Waals surface area (Å²) in [5.74, 6) is -0.639. The van der Waals surface area contributed by atoms with Crippen LogP contribution in [0, 0.1) is 5.92 Å². The number of hydrogen-bond donors (Lipinski definition) is 1. The highest BCUT2D eigenvalue weighted by molar-refractivity contribution is 6.42. The first-order valence-electron chi connectivity index (χ1n) is 6.22. The SMILES string of the molecule is CC(C)[C@H](C)NC(=O)COC(=O)c1ccc(Cl)c(Cl)c1. The highest BCUT2D eigenvalue weighted by Gasteiger charge is 2.14. The molecule has 4 nitrogen and oxygen atoms in total. The molecule has 1 amide bonds. The van der Waals surface area contributed by atoms with Gasteiger partial charge in [0.25, 0.3) is 5.91 Å². The molecule has 20 heavy (non-hydrogen) atoms. The van der Waals surface area contributed by atoms with Crippen LogP contribution in [0.25, 0.3) is 0 Å². The molecule has 0 aliphatic heterocycles. The van der Waals surface area contributed by atoms with Crippen LogP contribution in [0.4, 0.5) is 0 Å². The Morgan fingerprint density at radius 1 is 1.20 bits per heavy atom. The monoisotopic (exact) mass is 317 g/mol. The molecule has 0 radical (unpaired) electrons. The second kappa shape index (κ2) is 7.50. The van der Waals surface area contributed by atoms with Gasteiger partial charge in [-0.2, -0.15) is 0 Å². The molecule has 1 atom stereocenters. The lowest BCUT2D eigenvalue weighted by Crippen LogP contribution is -2.38. The molecule has 1 N–H and O–H groups in total. The number of halogens is 2. The predicted octanol–water partition coefficient (Wildman–Crippen LogP) is 3.31. The lowest BCUT2D eigenvalue weighted by molar-refractivity contribution is -0.125. The molecule has 0 saturated carbocycles. The summed E-state index contributed by atoms with van der Waals surface area (Å²) in [7, 11) is 0. The maximum Gasteiger partial charge on any atom is 0.338 e. The van der Waals surface area contributed by atoms with Crippen molar-refractivity contribution in [3.63, 3.8) is 0 Å². The number of benzene rings is 1. The number of rotatable bonds is 5. The molecule has 0 aromatic heterocycles. The fraction of sp³-hybridized carbons (Fsp3) is 0.429. The van der Waals surface area contributed by atoms with Crippen LogP contribution in [0.3, 0.4) is 0 Å². The molecule has 110 valence electrons. The molecule has 1 rings (SSSR count). The van der Waals surface area contributed by atoms with Gasteiger partial charge in [-0.05, 0) is 31.0 Å². The lowest BCUT2D eigenvalue weighted by atomic mass is 10.1. The Kier molecular flexibility index (Phi) is 6.30. The maximum absolute atomic E-state index is 11.7. The Hall–Kier alpha value is -1.26. The first-order valence-corrected chi connectivity index (χ1v) is 6.98. The van der Waals surface area contributed by atoms with Gasteiger partial charge < -0.3 is 10.1 Å². The van der Waals surface area contributed by atoms with Gasteiger partial charge in [0, 0.05) is 6.04 Å². The third kappa shape index (κ3) is 5.02. The molecule has 6 heteroatoms. The highest BCUT2D eigenvalue weighted by Crippen LogP contribution is 2.22. The topological polar surface area (TPSA) is 55.4 Å². The number of amides is 1. The third-order valence-corrected chi connectivity index (χ3v) is 3.62. The Bertz CT molecular complexity index is 503. The number of carbonyl (C=O) groups is 2. The van der Waals surface area contributed by atoms with Gasteiger partial charge in [-0.25, -0.2) is 4.79 Å². The zero-order valence-electron chi connectivity index (χ0n) is 11.6. The van der Waals surface area contributed by atoms with Crippen molar-refractivity contribution < 1.29 is 14.3 Å². The first kappa shape index (κ1) is 16.8. The van der Waals surface area contributed by atoms with Crippen LogP contribution in [0.1, 0.15) is 31.1 Å². The third-order valence-electron chi connectivity index (χ3n) is 2.88. The number of nitrogens with one attached hydrogen (secondary N) is 1. The van der Waals surface area contributed by atoms with Crippen molar-refractivity contribution >= 4 is 35.1 Å². The van der Waals surface area contributed by atoms with Crippen LogP contribution >= 0.6 is 23.2 Å². The summed E-state index contributed by atoms with van der Waals surface area (Å²) >= 11 is 11.6. The minimum Gasteiger partial charge on any atom is -0.452 e. The van der Waals surface area contributed by atoms with Crippen LogP contribution in [-0.2, 0) is 9.53 Å². The van der Waals surface area contributed by atoms with Crippen LogP contribution in [0.5, 0.6) is 0 Å².